The van der Waals surface area contributed by atoms with Crippen LogP contribution in [0.1, 0.15) is 25.4 Å². The Balaban J connectivity index is 2.41. The average molecular weight is 233 g/mol. The van der Waals surface area contributed by atoms with Crippen molar-refractivity contribution in [1.29, 1.82) is 5.26 Å². The van der Waals surface area contributed by atoms with E-state index in [1.807, 2.05) is 19.9 Å². The summed E-state index contributed by atoms with van der Waals surface area (Å²) in [4.78, 5) is 4.19. The first kappa shape index (κ1) is 11.3. The summed E-state index contributed by atoms with van der Waals surface area (Å²) >= 11 is 0. The summed E-state index contributed by atoms with van der Waals surface area (Å²) in [6.07, 6.45) is 1.47. The van der Waals surface area contributed by atoms with E-state index in [-0.39, 0.29) is 11.6 Å². The molecule has 0 atom stereocenters. The Hall–Kier alpha value is -2.20. The number of H-pyrrole nitrogens is 1. The highest BCUT2D eigenvalue weighted by Crippen LogP contribution is 2.25. The Morgan fingerprint density at radius 1 is 1.53 bits per heavy atom. The molecule has 88 valence electrons. The van der Waals surface area contributed by atoms with Crippen molar-refractivity contribution in [3.8, 4) is 17.5 Å². The Morgan fingerprint density at radius 2 is 2.29 bits per heavy atom. The molecule has 0 radical (unpaired) electrons. The lowest BCUT2D eigenvalue weighted by molar-refractivity contribution is 0.00973. The molecule has 0 saturated heterocycles. The first-order valence-corrected chi connectivity index (χ1v) is 4.91. The summed E-state index contributed by atoms with van der Waals surface area (Å²) in [5.41, 5.74) is 0.131. The molecule has 0 aliphatic heterocycles. The van der Waals surface area contributed by atoms with Crippen molar-refractivity contribution in [2.45, 2.75) is 19.4 Å². The molecule has 2 heterocycles. The second-order valence-corrected chi connectivity index (χ2v) is 3.91. The van der Waals surface area contributed by atoms with Crippen LogP contribution < -0.4 is 0 Å². The number of aromatic amines is 1. The molecule has 0 aromatic carbocycles. The second-order valence-electron chi connectivity index (χ2n) is 3.91. The van der Waals surface area contributed by atoms with Gasteiger partial charge in [0.25, 0.3) is 5.89 Å². The minimum absolute atomic E-state index is 0.246. The van der Waals surface area contributed by atoms with Crippen LogP contribution in [0.5, 0.6) is 0 Å². The minimum atomic E-state index is -0.641. The quantitative estimate of drug-likeness (QED) is 0.855. The van der Waals surface area contributed by atoms with Gasteiger partial charge in [-0.2, -0.15) is 15.3 Å². The standard InChI is InChI=1S/C10H11N5O2/c1-10(2,16-3)9-13-8(17-15-9)6-5-12-14-7(6)4-11/h5H,1-3H3,(H,12,14). The van der Waals surface area contributed by atoms with Gasteiger partial charge < -0.3 is 9.26 Å². The Morgan fingerprint density at radius 3 is 2.94 bits per heavy atom. The van der Waals surface area contributed by atoms with Gasteiger partial charge >= 0.3 is 0 Å². The van der Waals surface area contributed by atoms with Crippen LogP contribution in [0, 0.1) is 11.3 Å². The highest BCUT2D eigenvalue weighted by Gasteiger charge is 2.27. The fourth-order valence-electron chi connectivity index (χ4n) is 1.20. The SMILES string of the molecule is COC(C)(C)c1noc(-c2cn[nH]c2C#N)n1. The van der Waals surface area contributed by atoms with E-state index in [2.05, 4.69) is 20.3 Å². The maximum atomic E-state index is 8.85. The summed E-state index contributed by atoms with van der Waals surface area (Å²) in [5.74, 6) is 0.663. The smallest absolute Gasteiger partial charge is 0.262 e. The number of methoxy groups -OCH3 is 1. The van der Waals surface area contributed by atoms with Crippen molar-refractivity contribution >= 4 is 0 Å². The van der Waals surface area contributed by atoms with Gasteiger partial charge in [-0.1, -0.05) is 5.16 Å². The second kappa shape index (κ2) is 3.99. The Kier molecular flexibility index (Phi) is 2.65. The van der Waals surface area contributed by atoms with Crippen molar-refractivity contribution in [3.05, 3.63) is 17.7 Å². The fraction of sp³-hybridized carbons (Fsp3) is 0.400. The molecule has 0 amide bonds. The van der Waals surface area contributed by atoms with Gasteiger partial charge in [-0.15, -0.1) is 0 Å². The number of nitriles is 1. The van der Waals surface area contributed by atoms with Gasteiger partial charge in [-0.05, 0) is 13.8 Å². The zero-order chi connectivity index (χ0) is 12.5. The van der Waals surface area contributed by atoms with Gasteiger partial charge in [-0.25, -0.2) is 0 Å². The number of nitrogens with zero attached hydrogens (tertiary/aromatic N) is 4. The molecular formula is C10H11N5O2. The van der Waals surface area contributed by atoms with Crippen molar-refractivity contribution < 1.29 is 9.26 Å². The van der Waals surface area contributed by atoms with Gasteiger partial charge in [0.15, 0.2) is 0 Å². The van der Waals surface area contributed by atoms with E-state index in [1.54, 1.807) is 7.11 Å². The number of hydrogen-bond acceptors (Lipinski definition) is 6. The van der Waals surface area contributed by atoms with Crippen molar-refractivity contribution in [2.75, 3.05) is 7.11 Å². The number of ether oxygens (including phenoxy) is 1. The molecule has 7 heteroatoms. The van der Waals surface area contributed by atoms with Crippen LogP contribution >= 0.6 is 0 Å². The van der Waals surface area contributed by atoms with E-state index in [9.17, 15) is 0 Å². The number of nitrogens with one attached hydrogen (secondary N) is 1. The third kappa shape index (κ3) is 1.90. The number of hydrogen-bond donors (Lipinski definition) is 1. The predicted molar refractivity (Wildman–Crippen MR) is 56.6 cm³/mol. The highest BCUT2D eigenvalue weighted by molar-refractivity contribution is 5.59. The number of rotatable bonds is 3. The lowest BCUT2D eigenvalue weighted by Gasteiger charge is -2.17. The third-order valence-electron chi connectivity index (χ3n) is 2.46. The van der Waals surface area contributed by atoms with E-state index in [0.29, 0.717) is 11.4 Å². The lowest BCUT2D eigenvalue weighted by atomic mass is 10.1. The summed E-state index contributed by atoms with van der Waals surface area (Å²) in [5, 5.41) is 19.0. The van der Waals surface area contributed by atoms with Crippen LogP contribution in [-0.4, -0.2) is 27.4 Å². The van der Waals surface area contributed by atoms with Gasteiger partial charge in [0.1, 0.15) is 17.4 Å². The molecule has 2 aromatic rings. The zero-order valence-corrected chi connectivity index (χ0v) is 9.68. The van der Waals surface area contributed by atoms with Crippen LogP contribution in [0.15, 0.2) is 10.7 Å². The largest absolute Gasteiger partial charge is 0.371 e. The summed E-state index contributed by atoms with van der Waals surface area (Å²) < 4.78 is 10.3. The van der Waals surface area contributed by atoms with Crippen molar-refractivity contribution in [1.82, 2.24) is 20.3 Å². The Labute approximate surface area is 97.4 Å². The molecule has 0 unspecified atom stereocenters. The van der Waals surface area contributed by atoms with Crippen molar-refractivity contribution in [3.63, 3.8) is 0 Å². The van der Waals surface area contributed by atoms with Crippen LogP contribution in [0.25, 0.3) is 11.5 Å². The molecule has 0 fully saturated rings. The normalized spacial score (nSPS) is 11.4. The molecule has 17 heavy (non-hydrogen) atoms. The molecule has 2 aromatic heterocycles. The molecule has 0 bridgehead atoms. The van der Waals surface area contributed by atoms with Gasteiger partial charge in [0.05, 0.1) is 11.8 Å². The Bertz CT molecular complexity index is 563. The summed E-state index contributed by atoms with van der Waals surface area (Å²) in [6.45, 7) is 3.64. The van der Waals surface area contributed by atoms with Crippen LogP contribution in [0.2, 0.25) is 0 Å². The van der Waals surface area contributed by atoms with Crippen LogP contribution in [0.4, 0.5) is 0 Å². The maximum absolute atomic E-state index is 8.85. The zero-order valence-electron chi connectivity index (χ0n) is 9.68. The van der Waals surface area contributed by atoms with Crippen molar-refractivity contribution in [2.24, 2.45) is 0 Å². The molecule has 0 spiro atoms. The summed E-state index contributed by atoms with van der Waals surface area (Å²) in [6, 6.07) is 1.96. The first-order valence-electron chi connectivity index (χ1n) is 4.91. The number of aromatic nitrogens is 4. The molecule has 0 aliphatic rings. The van der Waals surface area contributed by atoms with Gasteiger partial charge in [0, 0.05) is 7.11 Å². The van der Waals surface area contributed by atoms with E-state index < -0.39 is 5.60 Å². The van der Waals surface area contributed by atoms with E-state index in [1.165, 1.54) is 6.20 Å². The molecule has 7 nitrogen and oxygen atoms in total. The van der Waals surface area contributed by atoms with E-state index in [4.69, 9.17) is 14.5 Å². The molecule has 0 saturated carbocycles. The molecular weight excluding hydrogens is 222 g/mol. The maximum Gasteiger partial charge on any atom is 0.262 e. The molecule has 2 rings (SSSR count). The van der Waals surface area contributed by atoms with Gasteiger partial charge in [0.2, 0.25) is 5.82 Å². The van der Waals surface area contributed by atoms with Crippen LogP contribution in [0.3, 0.4) is 0 Å². The molecule has 0 aliphatic carbocycles. The summed E-state index contributed by atoms with van der Waals surface area (Å²) in [7, 11) is 1.56. The van der Waals surface area contributed by atoms with E-state index >= 15 is 0 Å². The topological polar surface area (TPSA) is 101 Å². The lowest BCUT2D eigenvalue weighted by Crippen LogP contribution is -2.21. The van der Waals surface area contributed by atoms with Crippen LogP contribution in [-0.2, 0) is 10.3 Å². The van der Waals surface area contributed by atoms with E-state index in [0.717, 1.165) is 0 Å². The van der Waals surface area contributed by atoms with Gasteiger partial charge in [-0.3, -0.25) is 5.10 Å². The highest BCUT2D eigenvalue weighted by atomic mass is 16.5. The third-order valence-corrected chi connectivity index (χ3v) is 2.46. The first-order chi connectivity index (χ1) is 8.08. The minimum Gasteiger partial charge on any atom is -0.371 e. The average Bonchev–Trinajstić information content (AvgIpc) is 2.96. The molecule has 1 N–H and O–H groups in total. The monoisotopic (exact) mass is 233 g/mol. The predicted octanol–water partition coefficient (Wildman–Crippen LogP) is 1.21. The fourth-order valence-corrected chi connectivity index (χ4v) is 1.20.